The van der Waals surface area contributed by atoms with E-state index in [0.717, 1.165) is 23.1 Å². The predicted molar refractivity (Wildman–Crippen MR) is 129 cm³/mol. The molecule has 0 spiro atoms. The van der Waals surface area contributed by atoms with E-state index in [0.29, 0.717) is 0 Å². The average molecular weight is 578 g/mol. The molecule has 0 unspecified atom stereocenters. The van der Waals surface area contributed by atoms with Crippen LogP contribution in [0.4, 0.5) is 39.5 Å². The SMILES string of the molecule is CCc1ccc(C(=O)C(F)(F)F)cc1.Cc1ccc(C(=O)C(F)(F)F)cc1.Cc1ccc(C(=O)C(F)(F)F)cc1. The number of benzene rings is 3. The molecule has 0 atom stereocenters. The van der Waals surface area contributed by atoms with Gasteiger partial charge in [-0.2, -0.15) is 39.5 Å². The van der Waals surface area contributed by atoms with Gasteiger partial charge in [0.05, 0.1) is 0 Å². The van der Waals surface area contributed by atoms with E-state index in [1.54, 1.807) is 13.8 Å². The summed E-state index contributed by atoms with van der Waals surface area (Å²) in [6, 6.07) is 16.0. The molecule has 0 amide bonds. The van der Waals surface area contributed by atoms with Crippen molar-refractivity contribution in [2.45, 2.75) is 45.7 Å². The smallest absolute Gasteiger partial charge is 0.284 e. The van der Waals surface area contributed by atoms with Gasteiger partial charge >= 0.3 is 18.5 Å². The topological polar surface area (TPSA) is 51.2 Å². The van der Waals surface area contributed by atoms with E-state index in [4.69, 9.17) is 0 Å². The molecule has 216 valence electrons. The Labute approximate surface area is 223 Å². The largest absolute Gasteiger partial charge is 0.454 e. The van der Waals surface area contributed by atoms with Crippen molar-refractivity contribution in [2.24, 2.45) is 0 Å². The van der Waals surface area contributed by atoms with Crippen molar-refractivity contribution in [3.63, 3.8) is 0 Å². The van der Waals surface area contributed by atoms with Gasteiger partial charge < -0.3 is 0 Å². The second kappa shape index (κ2) is 13.9. The fourth-order valence-corrected chi connectivity index (χ4v) is 2.79. The Kier molecular flexibility index (Phi) is 11.8. The van der Waals surface area contributed by atoms with Crippen molar-refractivity contribution in [1.82, 2.24) is 0 Å². The minimum atomic E-state index is -4.78. The van der Waals surface area contributed by atoms with Crippen molar-refractivity contribution < 1.29 is 53.9 Å². The Morgan fingerprint density at radius 3 is 0.900 bits per heavy atom. The van der Waals surface area contributed by atoms with Crippen LogP contribution in [0.1, 0.15) is 54.7 Å². The van der Waals surface area contributed by atoms with Gasteiger partial charge in [0.1, 0.15) is 0 Å². The normalized spacial score (nSPS) is 11.4. The minimum absolute atomic E-state index is 0.310. The van der Waals surface area contributed by atoms with Crippen molar-refractivity contribution in [2.75, 3.05) is 0 Å². The molecule has 3 aromatic rings. The summed E-state index contributed by atoms with van der Waals surface area (Å²) in [7, 11) is 0. The quantitative estimate of drug-likeness (QED) is 0.231. The van der Waals surface area contributed by atoms with Gasteiger partial charge in [-0.3, -0.25) is 14.4 Å². The summed E-state index contributed by atoms with van der Waals surface area (Å²) in [5, 5.41) is 0. The summed E-state index contributed by atoms with van der Waals surface area (Å²) in [6.07, 6.45) is -13.6. The number of carbonyl (C=O) groups is 3. The van der Waals surface area contributed by atoms with Crippen molar-refractivity contribution >= 4 is 17.3 Å². The maximum absolute atomic E-state index is 12.0. The molecule has 0 radical (unpaired) electrons. The highest BCUT2D eigenvalue weighted by molar-refractivity contribution is 6.01. The number of halogens is 9. The lowest BCUT2D eigenvalue weighted by Gasteiger charge is -2.05. The molecule has 0 aromatic heterocycles. The van der Waals surface area contributed by atoms with Gasteiger partial charge in [0.25, 0.3) is 17.3 Å². The van der Waals surface area contributed by atoms with E-state index in [-0.39, 0.29) is 16.7 Å². The Hall–Kier alpha value is -3.96. The predicted octanol–water partition coefficient (Wildman–Crippen LogP) is 8.47. The van der Waals surface area contributed by atoms with Crippen molar-refractivity contribution in [1.29, 1.82) is 0 Å². The van der Waals surface area contributed by atoms with Crippen molar-refractivity contribution in [3.8, 4) is 0 Å². The van der Waals surface area contributed by atoms with Crippen LogP contribution in [0.5, 0.6) is 0 Å². The Morgan fingerprint density at radius 1 is 0.475 bits per heavy atom. The zero-order valence-electron chi connectivity index (χ0n) is 21.3. The number of alkyl halides is 9. The fourth-order valence-electron chi connectivity index (χ4n) is 2.79. The molecule has 0 bridgehead atoms. The van der Waals surface area contributed by atoms with Crippen LogP contribution in [0.15, 0.2) is 72.8 Å². The van der Waals surface area contributed by atoms with E-state index in [1.807, 2.05) is 6.92 Å². The average Bonchev–Trinajstić information content (AvgIpc) is 2.87. The first kappa shape index (κ1) is 34.1. The Bertz CT molecular complexity index is 1200. The van der Waals surface area contributed by atoms with Gasteiger partial charge in [-0.1, -0.05) is 90.8 Å². The Morgan fingerprint density at radius 2 is 0.700 bits per heavy atom. The second-order valence-corrected chi connectivity index (χ2v) is 8.26. The van der Waals surface area contributed by atoms with E-state index >= 15 is 0 Å². The number of hydrogen-bond acceptors (Lipinski definition) is 3. The standard InChI is InChI=1S/C10H9F3O.2C9H7F3O/c1-2-7-3-5-8(6-4-7)9(14)10(11,12)13;2*1-6-2-4-7(5-3-6)8(13)9(10,11)12/h3-6H,2H2,1H3;2*2-5H,1H3. The maximum atomic E-state index is 12.0. The third-order valence-electron chi connectivity index (χ3n) is 5.02. The van der Waals surface area contributed by atoms with Crippen LogP contribution in [-0.4, -0.2) is 35.9 Å². The molecule has 0 N–H and O–H groups in total. The van der Waals surface area contributed by atoms with Crippen LogP contribution in [0, 0.1) is 13.8 Å². The molecule has 0 saturated carbocycles. The van der Waals surface area contributed by atoms with Gasteiger partial charge in [-0.25, -0.2) is 0 Å². The maximum Gasteiger partial charge on any atom is 0.454 e. The number of aryl methyl sites for hydroxylation is 3. The third kappa shape index (κ3) is 11.0. The molecule has 0 heterocycles. The van der Waals surface area contributed by atoms with Crippen molar-refractivity contribution in [3.05, 3.63) is 106 Å². The van der Waals surface area contributed by atoms with Gasteiger partial charge in [0.2, 0.25) is 0 Å². The van der Waals surface area contributed by atoms with Crippen LogP contribution in [0.2, 0.25) is 0 Å². The molecular weight excluding hydrogens is 555 g/mol. The van der Waals surface area contributed by atoms with Gasteiger partial charge in [0.15, 0.2) is 0 Å². The van der Waals surface area contributed by atoms with Crippen LogP contribution in [0.3, 0.4) is 0 Å². The van der Waals surface area contributed by atoms with E-state index in [2.05, 4.69) is 0 Å². The monoisotopic (exact) mass is 578 g/mol. The highest BCUT2D eigenvalue weighted by Gasteiger charge is 2.40. The summed E-state index contributed by atoms with van der Waals surface area (Å²) in [5.74, 6) is -5.39. The first-order valence-electron chi connectivity index (χ1n) is 11.3. The van der Waals surface area contributed by atoms with Crippen LogP contribution in [0.25, 0.3) is 0 Å². The molecule has 3 aromatic carbocycles. The molecule has 40 heavy (non-hydrogen) atoms. The summed E-state index contributed by atoms with van der Waals surface area (Å²) >= 11 is 0. The molecule has 0 aliphatic rings. The first-order chi connectivity index (χ1) is 18.3. The molecular formula is C28H23F9O3. The molecule has 3 rings (SSSR count). The number of Topliss-reactive ketones (excluding diaryl/α,β-unsaturated/α-hetero) is 3. The molecule has 0 aliphatic heterocycles. The van der Waals surface area contributed by atoms with E-state index < -0.39 is 35.9 Å². The Balaban J connectivity index is 0.000000300. The van der Waals surface area contributed by atoms with Crippen LogP contribution >= 0.6 is 0 Å². The molecule has 3 nitrogen and oxygen atoms in total. The van der Waals surface area contributed by atoms with Gasteiger partial charge in [0, 0.05) is 16.7 Å². The van der Waals surface area contributed by atoms with E-state index in [9.17, 15) is 53.9 Å². The molecule has 0 saturated heterocycles. The molecule has 0 fully saturated rings. The summed E-state index contributed by atoms with van der Waals surface area (Å²) in [5.41, 5.74) is 1.59. The second-order valence-electron chi connectivity index (χ2n) is 8.26. The zero-order valence-corrected chi connectivity index (χ0v) is 21.3. The number of hydrogen-bond donors (Lipinski definition) is 0. The number of carbonyl (C=O) groups excluding carboxylic acids is 3. The number of ketones is 3. The lowest BCUT2D eigenvalue weighted by atomic mass is 10.1. The van der Waals surface area contributed by atoms with Crippen LogP contribution < -0.4 is 0 Å². The lowest BCUT2D eigenvalue weighted by molar-refractivity contribution is -0.0888. The molecule has 12 heteroatoms. The van der Waals surface area contributed by atoms with Gasteiger partial charge in [-0.05, 0) is 25.8 Å². The fraction of sp³-hybridized carbons (Fsp3) is 0.250. The lowest BCUT2D eigenvalue weighted by Crippen LogP contribution is -2.22. The van der Waals surface area contributed by atoms with Crippen LogP contribution in [-0.2, 0) is 6.42 Å². The number of rotatable bonds is 4. The third-order valence-corrected chi connectivity index (χ3v) is 5.02. The zero-order chi connectivity index (χ0) is 30.9. The highest BCUT2D eigenvalue weighted by Crippen LogP contribution is 2.23. The van der Waals surface area contributed by atoms with E-state index in [1.165, 1.54) is 72.8 Å². The van der Waals surface area contributed by atoms with Gasteiger partial charge in [-0.15, -0.1) is 0 Å². The summed E-state index contributed by atoms with van der Waals surface area (Å²) in [4.78, 5) is 32.0. The highest BCUT2D eigenvalue weighted by atomic mass is 19.4. The first-order valence-corrected chi connectivity index (χ1v) is 11.3. The minimum Gasteiger partial charge on any atom is -0.284 e. The molecule has 0 aliphatic carbocycles. The summed E-state index contributed by atoms with van der Waals surface area (Å²) < 4.78 is 107. The summed E-state index contributed by atoms with van der Waals surface area (Å²) in [6.45, 7) is 5.37.